The minimum atomic E-state index is -0.527. The first kappa shape index (κ1) is 26.0. The van der Waals surface area contributed by atoms with Crippen LogP contribution in [0.15, 0.2) is 36.4 Å². The molecular weight excluding hydrogens is 454 g/mol. The van der Waals surface area contributed by atoms with Gasteiger partial charge in [0.1, 0.15) is 0 Å². The van der Waals surface area contributed by atoms with Gasteiger partial charge >= 0.3 is 0 Å². The van der Waals surface area contributed by atoms with Gasteiger partial charge < -0.3 is 24.6 Å². The lowest BCUT2D eigenvalue weighted by Crippen LogP contribution is -2.50. The maximum absolute atomic E-state index is 13.8. The van der Waals surface area contributed by atoms with Crippen LogP contribution in [0.2, 0.25) is 0 Å². The number of hydrogen-bond acceptors (Lipinski definition) is 5. The van der Waals surface area contributed by atoms with Crippen LogP contribution in [0.4, 0.5) is 0 Å². The monoisotopic (exact) mass is 493 g/mol. The fourth-order valence-corrected chi connectivity index (χ4v) is 5.57. The van der Waals surface area contributed by atoms with Crippen molar-refractivity contribution in [2.75, 3.05) is 46.9 Å². The maximum Gasteiger partial charge on any atom is 0.254 e. The molecule has 0 saturated heterocycles. The van der Waals surface area contributed by atoms with Crippen LogP contribution >= 0.6 is 0 Å². The molecule has 2 aromatic carbocycles. The van der Waals surface area contributed by atoms with Gasteiger partial charge in [-0.3, -0.25) is 9.59 Å². The van der Waals surface area contributed by atoms with E-state index >= 15 is 0 Å². The number of rotatable bonds is 11. The van der Waals surface area contributed by atoms with Crippen LogP contribution in [-0.4, -0.2) is 68.6 Å². The van der Waals surface area contributed by atoms with E-state index in [2.05, 4.69) is 36.2 Å². The fourth-order valence-electron chi connectivity index (χ4n) is 5.57. The zero-order valence-electron chi connectivity index (χ0n) is 22.0. The number of nitrogens with one attached hydrogen (secondary N) is 1. The average molecular weight is 494 g/mol. The van der Waals surface area contributed by atoms with Crippen molar-refractivity contribution in [1.29, 1.82) is 0 Å². The highest BCUT2D eigenvalue weighted by molar-refractivity contribution is 6.02. The van der Waals surface area contributed by atoms with Gasteiger partial charge in [-0.2, -0.15) is 0 Å². The number of fused-ring (bicyclic) bond motifs is 4. The Bertz CT molecular complexity index is 1090. The summed E-state index contributed by atoms with van der Waals surface area (Å²) in [6.45, 7) is 8.64. The molecule has 0 radical (unpaired) electrons. The molecule has 36 heavy (non-hydrogen) atoms. The molecule has 0 fully saturated rings. The van der Waals surface area contributed by atoms with E-state index in [-0.39, 0.29) is 17.9 Å². The van der Waals surface area contributed by atoms with Crippen LogP contribution in [0.5, 0.6) is 11.5 Å². The van der Waals surface area contributed by atoms with Crippen molar-refractivity contribution in [3.63, 3.8) is 0 Å². The van der Waals surface area contributed by atoms with E-state index in [1.54, 1.807) is 20.3 Å². The molecular formula is C29H39N3O4. The Kier molecular flexibility index (Phi) is 8.52. The molecule has 2 heterocycles. The van der Waals surface area contributed by atoms with Crippen molar-refractivity contribution < 1.29 is 19.1 Å². The third-order valence-electron chi connectivity index (χ3n) is 7.54. The van der Waals surface area contributed by atoms with Crippen molar-refractivity contribution in [1.82, 2.24) is 15.1 Å². The molecule has 1 N–H and O–H groups in total. The number of unbranched alkanes of at least 4 members (excludes halogenated alkanes) is 1. The molecule has 7 heteroatoms. The summed E-state index contributed by atoms with van der Waals surface area (Å²) < 4.78 is 11.0. The number of benzene rings is 2. The quantitative estimate of drug-likeness (QED) is 0.476. The third kappa shape index (κ3) is 5.07. The van der Waals surface area contributed by atoms with Crippen molar-refractivity contribution >= 4 is 11.8 Å². The van der Waals surface area contributed by atoms with Gasteiger partial charge in [-0.1, -0.05) is 44.5 Å². The first-order valence-corrected chi connectivity index (χ1v) is 13.2. The van der Waals surface area contributed by atoms with Crippen LogP contribution in [0, 0.1) is 0 Å². The molecule has 2 atom stereocenters. The van der Waals surface area contributed by atoms with E-state index in [1.807, 2.05) is 23.1 Å². The van der Waals surface area contributed by atoms with Crippen molar-refractivity contribution in [3.8, 4) is 11.5 Å². The zero-order valence-corrected chi connectivity index (χ0v) is 22.0. The van der Waals surface area contributed by atoms with Crippen LogP contribution in [0.1, 0.15) is 72.1 Å². The van der Waals surface area contributed by atoms with Crippen molar-refractivity contribution in [3.05, 3.63) is 58.7 Å². The number of amides is 2. The van der Waals surface area contributed by atoms with E-state index in [1.165, 1.54) is 18.4 Å². The van der Waals surface area contributed by atoms with Gasteiger partial charge in [0.05, 0.1) is 26.2 Å². The molecule has 2 amide bonds. The standard InChI is InChI=1S/C29H39N3O4/c1-5-7-15-31(6-2)16-10-14-30-28(33)26-22-18-24(35-3)25(36-4)19-23(22)29(34)32-17-13-20-11-8-9-12-21(20)27(26)32/h8-9,11-12,18-19,26-27H,5-7,10,13-17H2,1-4H3,(H,30,33)/t26-,27+/m1/s1. The molecule has 0 spiro atoms. The topological polar surface area (TPSA) is 71.1 Å². The summed E-state index contributed by atoms with van der Waals surface area (Å²) in [6.07, 6.45) is 4.04. The molecule has 4 rings (SSSR count). The van der Waals surface area contributed by atoms with Gasteiger partial charge in [-0.15, -0.1) is 0 Å². The lowest BCUT2D eigenvalue weighted by molar-refractivity contribution is -0.124. The Morgan fingerprint density at radius 3 is 2.50 bits per heavy atom. The lowest BCUT2D eigenvalue weighted by atomic mass is 9.75. The van der Waals surface area contributed by atoms with E-state index in [9.17, 15) is 9.59 Å². The largest absolute Gasteiger partial charge is 0.493 e. The fraction of sp³-hybridized carbons (Fsp3) is 0.517. The first-order chi connectivity index (χ1) is 17.5. The number of carbonyl (C=O) groups excluding carboxylic acids is 2. The summed E-state index contributed by atoms with van der Waals surface area (Å²) in [7, 11) is 3.13. The molecule has 0 unspecified atom stereocenters. The Hall–Kier alpha value is -3.06. The third-order valence-corrected chi connectivity index (χ3v) is 7.54. The van der Waals surface area contributed by atoms with Gasteiger partial charge in [-0.25, -0.2) is 0 Å². The normalized spacial score (nSPS) is 18.4. The average Bonchev–Trinajstić information content (AvgIpc) is 2.91. The Labute approximate surface area is 214 Å². The predicted octanol–water partition coefficient (Wildman–Crippen LogP) is 4.17. The first-order valence-electron chi connectivity index (χ1n) is 13.2. The molecule has 194 valence electrons. The van der Waals surface area contributed by atoms with Crippen LogP contribution in [0.3, 0.4) is 0 Å². The SMILES string of the molecule is CCCCN(CC)CCCNC(=O)[C@@H]1c2cc(OC)c(OC)cc2C(=O)N2CCc3ccccc3[C@@H]12. The number of methoxy groups -OCH3 is 2. The number of hydrogen-bond donors (Lipinski definition) is 1. The van der Waals surface area contributed by atoms with Crippen molar-refractivity contribution in [2.24, 2.45) is 0 Å². The Morgan fingerprint density at radius 1 is 1.06 bits per heavy atom. The predicted molar refractivity (Wildman–Crippen MR) is 141 cm³/mol. The van der Waals surface area contributed by atoms with Gasteiger partial charge in [0.15, 0.2) is 11.5 Å². The van der Waals surface area contributed by atoms with E-state index < -0.39 is 5.92 Å². The molecule has 0 aromatic heterocycles. The molecule has 2 aliphatic rings. The summed E-state index contributed by atoms with van der Waals surface area (Å²) in [4.78, 5) is 31.8. The number of nitrogens with zero attached hydrogens (tertiary/aromatic N) is 2. The lowest BCUT2D eigenvalue weighted by Gasteiger charge is -2.45. The smallest absolute Gasteiger partial charge is 0.254 e. The minimum Gasteiger partial charge on any atom is -0.493 e. The number of carbonyl (C=O) groups is 2. The number of ether oxygens (including phenoxy) is 2. The molecule has 0 bridgehead atoms. The molecule has 0 saturated carbocycles. The molecule has 7 nitrogen and oxygen atoms in total. The molecule has 0 aliphatic carbocycles. The Morgan fingerprint density at radius 2 is 1.78 bits per heavy atom. The minimum absolute atomic E-state index is 0.0562. The van der Waals surface area contributed by atoms with Crippen LogP contribution in [-0.2, 0) is 11.2 Å². The Balaban J connectivity index is 1.64. The van der Waals surface area contributed by atoms with E-state index in [0.29, 0.717) is 35.7 Å². The summed E-state index contributed by atoms with van der Waals surface area (Å²) in [5.41, 5.74) is 3.46. The van der Waals surface area contributed by atoms with Gasteiger partial charge in [0.2, 0.25) is 5.91 Å². The highest BCUT2D eigenvalue weighted by Crippen LogP contribution is 2.48. The highest BCUT2D eigenvalue weighted by atomic mass is 16.5. The van der Waals surface area contributed by atoms with E-state index in [4.69, 9.17) is 9.47 Å². The van der Waals surface area contributed by atoms with Gasteiger partial charge in [0, 0.05) is 18.7 Å². The summed E-state index contributed by atoms with van der Waals surface area (Å²) in [5, 5.41) is 3.20. The zero-order chi connectivity index (χ0) is 25.7. The van der Waals surface area contributed by atoms with E-state index in [0.717, 1.165) is 38.0 Å². The summed E-state index contributed by atoms with van der Waals surface area (Å²) in [5.74, 6) is 0.366. The van der Waals surface area contributed by atoms with Crippen LogP contribution < -0.4 is 14.8 Å². The van der Waals surface area contributed by atoms with Crippen molar-refractivity contribution in [2.45, 2.75) is 51.5 Å². The molecule has 2 aromatic rings. The second-order valence-electron chi connectivity index (χ2n) is 9.60. The highest BCUT2D eigenvalue weighted by Gasteiger charge is 2.46. The second-order valence-corrected chi connectivity index (χ2v) is 9.60. The van der Waals surface area contributed by atoms with Gasteiger partial charge in [0.25, 0.3) is 5.91 Å². The summed E-state index contributed by atoms with van der Waals surface area (Å²) in [6, 6.07) is 11.4. The van der Waals surface area contributed by atoms with Gasteiger partial charge in [-0.05, 0) is 67.7 Å². The second kappa shape index (κ2) is 11.8. The maximum atomic E-state index is 13.8. The molecule has 2 aliphatic heterocycles. The van der Waals surface area contributed by atoms with Crippen LogP contribution in [0.25, 0.3) is 0 Å². The summed E-state index contributed by atoms with van der Waals surface area (Å²) >= 11 is 0.